The van der Waals surface area contributed by atoms with Crippen molar-refractivity contribution in [2.75, 3.05) is 13.1 Å². The SMILES string of the molecule is CCC(C)C(CC(=O)C(Cc1ccc(O)cc1)NC(=O)C(CN)C(C)C)C(=O)NC(CC1=CCC=N1)C(=O)N1CCCC1C(=O)NC(Cc1ccccc1)C(=O)O. The lowest BCUT2D eigenvalue weighted by molar-refractivity contribution is -0.145. The van der Waals surface area contributed by atoms with E-state index in [4.69, 9.17) is 5.73 Å². The summed E-state index contributed by atoms with van der Waals surface area (Å²) < 4.78 is 0. The predicted molar refractivity (Wildman–Crippen MR) is 216 cm³/mol. The van der Waals surface area contributed by atoms with Crippen molar-refractivity contribution in [1.29, 1.82) is 0 Å². The maximum absolute atomic E-state index is 14.4. The highest BCUT2D eigenvalue weighted by atomic mass is 16.4. The third-order valence-electron chi connectivity index (χ3n) is 11.0. The minimum Gasteiger partial charge on any atom is -0.508 e. The largest absolute Gasteiger partial charge is 0.508 e. The molecule has 1 fully saturated rings. The fourth-order valence-electron chi connectivity index (χ4n) is 7.33. The van der Waals surface area contributed by atoms with Crippen molar-refractivity contribution in [3.63, 3.8) is 0 Å². The number of benzene rings is 2. The molecule has 7 N–H and O–H groups in total. The number of allylic oxidation sites excluding steroid dienone is 1. The molecular weight excluding hydrogens is 729 g/mol. The van der Waals surface area contributed by atoms with E-state index in [1.165, 1.54) is 17.0 Å². The van der Waals surface area contributed by atoms with Crippen LogP contribution in [-0.4, -0.2) is 94.0 Å². The minimum absolute atomic E-state index is 0.0497. The number of aliphatic imine (C=N–C) groups is 1. The highest BCUT2D eigenvalue weighted by Gasteiger charge is 2.41. The molecule has 2 aromatic rings. The van der Waals surface area contributed by atoms with Gasteiger partial charge in [-0.25, -0.2) is 4.79 Å². The number of nitrogens with two attached hydrogens (primary N) is 1. The van der Waals surface area contributed by atoms with E-state index >= 15 is 0 Å². The number of aromatic hydroxyl groups is 1. The fraction of sp³-hybridized carbons (Fsp3) is 0.512. The van der Waals surface area contributed by atoms with Crippen molar-refractivity contribution >= 4 is 41.6 Å². The molecule has 14 nitrogen and oxygen atoms in total. The molecule has 14 heteroatoms. The van der Waals surface area contributed by atoms with Crippen LogP contribution in [-0.2, 0) is 41.6 Å². The lowest BCUT2D eigenvalue weighted by Gasteiger charge is -2.31. The van der Waals surface area contributed by atoms with Crippen molar-refractivity contribution in [2.45, 2.75) is 103 Å². The number of hydrogen-bond donors (Lipinski definition) is 6. The van der Waals surface area contributed by atoms with Crippen LogP contribution >= 0.6 is 0 Å². The van der Waals surface area contributed by atoms with E-state index in [0.717, 1.165) is 5.56 Å². The second-order valence-electron chi connectivity index (χ2n) is 15.5. The van der Waals surface area contributed by atoms with Gasteiger partial charge in [0.1, 0.15) is 23.9 Å². The molecule has 0 saturated carbocycles. The summed E-state index contributed by atoms with van der Waals surface area (Å²) in [6.45, 7) is 7.81. The molecule has 0 spiro atoms. The van der Waals surface area contributed by atoms with E-state index in [9.17, 15) is 39.0 Å². The zero-order valence-electron chi connectivity index (χ0n) is 33.4. The number of likely N-dealkylation sites (tertiary alicyclic amines) is 1. The zero-order valence-corrected chi connectivity index (χ0v) is 33.4. The van der Waals surface area contributed by atoms with Gasteiger partial charge >= 0.3 is 5.97 Å². The third-order valence-corrected chi connectivity index (χ3v) is 11.0. The van der Waals surface area contributed by atoms with Gasteiger partial charge in [-0.3, -0.25) is 29.0 Å². The highest BCUT2D eigenvalue weighted by Crippen LogP contribution is 2.26. The summed E-state index contributed by atoms with van der Waals surface area (Å²) in [5.74, 6) is -5.30. The summed E-state index contributed by atoms with van der Waals surface area (Å²) in [5, 5.41) is 28.2. The summed E-state index contributed by atoms with van der Waals surface area (Å²) >= 11 is 0. The van der Waals surface area contributed by atoms with E-state index in [0.29, 0.717) is 36.9 Å². The lowest BCUT2D eigenvalue weighted by atomic mass is 9.84. The molecule has 2 heterocycles. The van der Waals surface area contributed by atoms with Crippen LogP contribution in [0.5, 0.6) is 5.75 Å². The number of nitrogens with zero attached hydrogens (tertiary/aromatic N) is 2. The number of phenolic OH excluding ortho intramolecular Hbond substituents is 1. The predicted octanol–water partition coefficient (Wildman–Crippen LogP) is 3.31. The Morgan fingerprint density at radius 3 is 2.07 bits per heavy atom. The summed E-state index contributed by atoms with van der Waals surface area (Å²) in [4.78, 5) is 87.8. The van der Waals surface area contributed by atoms with Gasteiger partial charge in [0.05, 0.1) is 12.0 Å². The lowest BCUT2D eigenvalue weighted by Crippen LogP contribution is -2.56. The molecule has 308 valence electrons. The Labute approximate surface area is 334 Å². The molecule has 0 bridgehead atoms. The summed E-state index contributed by atoms with van der Waals surface area (Å²) in [7, 11) is 0. The Morgan fingerprint density at radius 1 is 0.842 bits per heavy atom. The van der Waals surface area contributed by atoms with Crippen LogP contribution in [0.2, 0.25) is 0 Å². The quantitative estimate of drug-likeness (QED) is 0.109. The van der Waals surface area contributed by atoms with Gasteiger partial charge in [0.15, 0.2) is 5.78 Å². The molecule has 7 unspecified atom stereocenters. The number of phenols is 1. The Balaban J connectivity index is 1.55. The van der Waals surface area contributed by atoms with Gasteiger partial charge in [0, 0.05) is 56.6 Å². The zero-order chi connectivity index (χ0) is 41.6. The smallest absolute Gasteiger partial charge is 0.326 e. The molecule has 2 aliphatic heterocycles. The van der Waals surface area contributed by atoms with Gasteiger partial charge in [-0.05, 0) is 54.4 Å². The van der Waals surface area contributed by atoms with E-state index in [-0.39, 0.29) is 68.0 Å². The molecule has 57 heavy (non-hydrogen) atoms. The Kier molecular flexibility index (Phi) is 16.5. The number of carboxylic acid groups (broad SMARTS) is 1. The number of carbonyl (C=O) groups is 6. The van der Waals surface area contributed by atoms with Gasteiger partial charge in [-0.2, -0.15) is 0 Å². The Bertz CT molecular complexity index is 1780. The van der Waals surface area contributed by atoms with Crippen LogP contribution in [0.4, 0.5) is 0 Å². The highest BCUT2D eigenvalue weighted by molar-refractivity contribution is 5.96. The van der Waals surface area contributed by atoms with Crippen LogP contribution in [0, 0.1) is 23.7 Å². The second-order valence-corrected chi connectivity index (χ2v) is 15.5. The first kappa shape index (κ1) is 44.3. The van der Waals surface area contributed by atoms with Crippen LogP contribution in [0.25, 0.3) is 0 Å². The summed E-state index contributed by atoms with van der Waals surface area (Å²) in [5.41, 5.74) is 7.94. The first-order valence-electron chi connectivity index (χ1n) is 19.9. The van der Waals surface area contributed by atoms with E-state index < -0.39 is 59.7 Å². The average molecular weight is 787 g/mol. The number of Topliss-reactive ketones (excluding diaryl/α,β-unsaturated/α-hetero) is 1. The molecule has 7 atom stereocenters. The first-order valence-corrected chi connectivity index (χ1v) is 19.9. The number of ketones is 1. The minimum atomic E-state index is -1.21. The van der Waals surface area contributed by atoms with Gasteiger partial charge in [-0.15, -0.1) is 0 Å². The topological polar surface area (TPSA) is 221 Å². The molecule has 0 aromatic heterocycles. The van der Waals surface area contributed by atoms with Crippen molar-refractivity contribution in [2.24, 2.45) is 34.4 Å². The molecular formula is C43H58N6O8. The molecule has 4 rings (SSSR count). The number of aliphatic carboxylic acids is 1. The third kappa shape index (κ3) is 12.6. The standard InChI is InChI=1S/C43H58N6O8/c1-5-27(4)32(24-38(51)34(21-29-15-17-31(50)18-16-29)46-40(53)33(25-44)26(2)3)39(52)47-35(23-30-13-9-19-45-30)42(55)49-20-10-14-37(49)41(54)48-36(43(56)57)22-28-11-7-6-8-12-28/h6-8,11-13,15-19,26-27,32-37,50H,5,9-10,14,20-25,44H2,1-4H3,(H,46,53)(H,47,52)(H,48,54)(H,56,57). The van der Waals surface area contributed by atoms with Crippen molar-refractivity contribution in [3.05, 3.63) is 77.5 Å². The van der Waals surface area contributed by atoms with Gasteiger partial charge in [-0.1, -0.05) is 82.7 Å². The van der Waals surface area contributed by atoms with Gasteiger partial charge in [0.25, 0.3) is 0 Å². The number of hydrogen-bond acceptors (Lipinski definition) is 9. The van der Waals surface area contributed by atoms with E-state index in [1.54, 1.807) is 42.6 Å². The Morgan fingerprint density at radius 2 is 1.47 bits per heavy atom. The molecule has 2 aromatic carbocycles. The number of nitrogens with one attached hydrogen (secondary N) is 3. The number of carbonyl (C=O) groups excluding carboxylic acids is 5. The maximum atomic E-state index is 14.4. The number of amides is 4. The molecule has 1 saturated heterocycles. The number of carboxylic acids is 1. The van der Waals surface area contributed by atoms with Crippen molar-refractivity contribution in [1.82, 2.24) is 20.9 Å². The normalized spacial score (nSPS) is 18.2. The average Bonchev–Trinajstić information content (AvgIpc) is 3.90. The van der Waals surface area contributed by atoms with Crippen molar-refractivity contribution < 1.29 is 39.0 Å². The molecule has 4 amide bonds. The Hall–Kier alpha value is -5.37. The molecule has 2 aliphatic rings. The van der Waals surface area contributed by atoms with Crippen molar-refractivity contribution in [3.8, 4) is 5.75 Å². The van der Waals surface area contributed by atoms with Crippen LogP contribution in [0.15, 0.2) is 71.4 Å². The number of rotatable bonds is 21. The molecule has 0 radical (unpaired) electrons. The molecule has 0 aliphatic carbocycles. The maximum Gasteiger partial charge on any atom is 0.326 e. The van der Waals surface area contributed by atoms with Gasteiger partial charge in [0.2, 0.25) is 23.6 Å². The van der Waals surface area contributed by atoms with Crippen LogP contribution < -0.4 is 21.7 Å². The monoisotopic (exact) mass is 786 g/mol. The van der Waals surface area contributed by atoms with Crippen LogP contribution in [0.3, 0.4) is 0 Å². The summed E-state index contributed by atoms with van der Waals surface area (Å²) in [6.07, 6.45) is 5.47. The summed E-state index contributed by atoms with van der Waals surface area (Å²) in [6, 6.07) is 11.0. The van der Waals surface area contributed by atoms with E-state index in [1.807, 2.05) is 39.8 Å². The van der Waals surface area contributed by atoms with Crippen LogP contribution in [0.1, 0.15) is 77.3 Å². The van der Waals surface area contributed by atoms with Gasteiger partial charge < -0.3 is 36.8 Å². The van der Waals surface area contributed by atoms with E-state index in [2.05, 4.69) is 20.9 Å². The second kappa shape index (κ2) is 21.2. The first-order chi connectivity index (χ1) is 27.2. The fourth-order valence-corrected chi connectivity index (χ4v) is 7.33.